The number of hydrogen-bond acceptors (Lipinski definition) is 3. The zero-order chi connectivity index (χ0) is 18.2. The number of rotatable bonds is 8. The summed E-state index contributed by atoms with van der Waals surface area (Å²) >= 11 is 0. The molecule has 0 radical (unpaired) electrons. The van der Waals surface area contributed by atoms with Crippen molar-refractivity contribution in [2.45, 2.75) is 32.6 Å². The Morgan fingerprint density at radius 3 is 2.56 bits per heavy atom. The van der Waals surface area contributed by atoms with Gasteiger partial charge in [0.1, 0.15) is 0 Å². The van der Waals surface area contributed by atoms with Gasteiger partial charge in [0.25, 0.3) is 0 Å². The van der Waals surface area contributed by atoms with Crippen LogP contribution in [0.25, 0.3) is 0 Å². The summed E-state index contributed by atoms with van der Waals surface area (Å²) < 4.78 is 1.87. The van der Waals surface area contributed by atoms with Gasteiger partial charge in [0.05, 0.1) is 5.69 Å². The molecule has 1 unspecified atom stereocenters. The Morgan fingerprint density at radius 2 is 1.96 bits per heavy atom. The van der Waals surface area contributed by atoms with E-state index in [4.69, 9.17) is 0 Å². The van der Waals surface area contributed by atoms with Gasteiger partial charge in [-0.3, -0.25) is 4.68 Å². The van der Waals surface area contributed by atoms with E-state index < -0.39 is 0 Å². The standard InChI is InChI=1S/C19H28N4O2/c1-14-18(15(2)23(3)22-14)9-11-20-19(25)21-13-17(10-12-24)16-7-5-4-6-8-16/h4-8,17,24H,9-13H2,1-3H3,(H2,20,21,25). The molecule has 0 spiro atoms. The predicted molar refractivity (Wildman–Crippen MR) is 98.7 cm³/mol. The monoisotopic (exact) mass is 344 g/mol. The smallest absolute Gasteiger partial charge is 0.314 e. The highest BCUT2D eigenvalue weighted by Crippen LogP contribution is 2.18. The molecule has 136 valence electrons. The molecule has 0 aliphatic carbocycles. The number of aliphatic hydroxyl groups is 1. The van der Waals surface area contributed by atoms with E-state index in [1.807, 2.05) is 55.9 Å². The number of urea groups is 1. The van der Waals surface area contributed by atoms with Crippen molar-refractivity contribution in [3.63, 3.8) is 0 Å². The molecule has 0 aliphatic heterocycles. The van der Waals surface area contributed by atoms with Crippen LogP contribution in [0.1, 0.15) is 34.9 Å². The molecule has 6 heteroatoms. The van der Waals surface area contributed by atoms with Gasteiger partial charge in [-0.1, -0.05) is 30.3 Å². The minimum Gasteiger partial charge on any atom is -0.396 e. The lowest BCUT2D eigenvalue weighted by molar-refractivity contribution is 0.237. The summed E-state index contributed by atoms with van der Waals surface area (Å²) in [5.41, 5.74) is 4.45. The van der Waals surface area contributed by atoms with E-state index in [0.717, 1.165) is 23.4 Å². The second kappa shape index (κ2) is 9.22. The van der Waals surface area contributed by atoms with Crippen molar-refractivity contribution in [3.8, 4) is 0 Å². The van der Waals surface area contributed by atoms with Crippen molar-refractivity contribution in [1.29, 1.82) is 0 Å². The molecule has 0 saturated carbocycles. The summed E-state index contributed by atoms with van der Waals surface area (Å²) in [6, 6.07) is 9.76. The van der Waals surface area contributed by atoms with Crippen LogP contribution in [-0.4, -0.2) is 40.6 Å². The number of nitrogens with zero attached hydrogens (tertiary/aromatic N) is 2. The largest absolute Gasteiger partial charge is 0.396 e. The third-order valence-electron chi connectivity index (χ3n) is 4.58. The van der Waals surface area contributed by atoms with Crippen LogP contribution in [-0.2, 0) is 13.5 Å². The Hall–Kier alpha value is -2.34. The van der Waals surface area contributed by atoms with E-state index in [1.54, 1.807) is 0 Å². The summed E-state index contributed by atoms with van der Waals surface area (Å²) in [5, 5.41) is 19.4. The Morgan fingerprint density at radius 1 is 1.24 bits per heavy atom. The summed E-state index contributed by atoms with van der Waals surface area (Å²) in [6.45, 7) is 5.19. The maximum Gasteiger partial charge on any atom is 0.314 e. The maximum atomic E-state index is 12.0. The Balaban J connectivity index is 1.79. The van der Waals surface area contributed by atoms with E-state index in [2.05, 4.69) is 15.7 Å². The van der Waals surface area contributed by atoms with Gasteiger partial charge in [0, 0.05) is 38.4 Å². The predicted octanol–water partition coefficient (Wildman–Crippen LogP) is 2.04. The molecule has 0 fully saturated rings. The first-order valence-electron chi connectivity index (χ1n) is 8.69. The fraction of sp³-hybridized carbons (Fsp3) is 0.474. The molecule has 0 saturated heterocycles. The highest BCUT2D eigenvalue weighted by molar-refractivity contribution is 5.73. The molecule has 0 bridgehead atoms. The molecule has 1 aromatic heterocycles. The second-order valence-electron chi connectivity index (χ2n) is 6.28. The Bertz CT molecular complexity index is 682. The number of nitrogens with one attached hydrogen (secondary N) is 2. The molecule has 6 nitrogen and oxygen atoms in total. The molecule has 2 amide bonds. The summed E-state index contributed by atoms with van der Waals surface area (Å²) in [5.74, 6) is 0.111. The quantitative estimate of drug-likeness (QED) is 0.686. The number of benzene rings is 1. The van der Waals surface area contributed by atoms with Gasteiger partial charge in [-0.15, -0.1) is 0 Å². The highest BCUT2D eigenvalue weighted by Gasteiger charge is 2.13. The molecule has 2 aromatic rings. The first kappa shape index (κ1) is 19.0. The summed E-state index contributed by atoms with van der Waals surface area (Å²) in [7, 11) is 1.93. The second-order valence-corrected chi connectivity index (χ2v) is 6.28. The first-order valence-corrected chi connectivity index (χ1v) is 8.69. The molecule has 2 rings (SSSR count). The van der Waals surface area contributed by atoms with Gasteiger partial charge < -0.3 is 15.7 Å². The number of aryl methyl sites for hydroxylation is 2. The van der Waals surface area contributed by atoms with E-state index >= 15 is 0 Å². The Labute approximate surface area is 149 Å². The van der Waals surface area contributed by atoms with Gasteiger partial charge in [-0.25, -0.2) is 4.79 Å². The van der Waals surface area contributed by atoms with Crippen molar-refractivity contribution in [2.24, 2.45) is 7.05 Å². The maximum absolute atomic E-state index is 12.0. The van der Waals surface area contributed by atoms with Crippen LogP contribution in [0.5, 0.6) is 0 Å². The van der Waals surface area contributed by atoms with Crippen LogP contribution in [0.2, 0.25) is 0 Å². The topological polar surface area (TPSA) is 79.2 Å². The average molecular weight is 344 g/mol. The SMILES string of the molecule is Cc1nn(C)c(C)c1CCNC(=O)NCC(CCO)c1ccccc1. The fourth-order valence-electron chi connectivity index (χ4n) is 3.03. The van der Waals surface area contributed by atoms with Gasteiger partial charge in [-0.05, 0) is 37.8 Å². The molecule has 1 atom stereocenters. The lowest BCUT2D eigenvalue weighted by Crippen LogP contribution is -2.38. The normalized spacial score (nSPS) is 12.0. The molecule has 1 heterocycles. The van der Waals surface area contributed by atoms with Crippen molar-refractivity contribution in [3.05, 3.63) is 52.8 Å². The molecule has 3 N–H and O–H groups in total. The minimum atomic E-state index is -0.182. The third kappa shape index (κ3) is 5.32. The van der Waals surface area contributed by atoms with Crippen LogP contribution in [0.4, 0.5) is 4.79 Å². The van der Waals surface area contributed by atoms with E-state index in [-0.39, 0.29) is 18.6 Å². The zero-order valence-corrected chi connectivity index (χ0v) is 15.2. The number of aromatic nitrogens is 2. The number of aliphatic hydroxyl groups excluding tert-OH is 1. The number of hydrogen-bond donors (Lipinski definition) is 3. The minimum absolute atomic E-state index is 0.0996. The highest BCUT2D eigenvalue weighted by atomic mass is 16.3. The van der Waals surface area contributed by atoms with Crippen molar-refractivity contribution < 1.29 is 9.90 Å². The zero-order valence-electron chi connectivity index (χ0n) is 15.2. The van der Waals surface area contributed by atoms with Crippen LogP contribution in [0.3, 0.4) is 0 Å². The fourth-order valence-corrected chi connectivity index (χ4v) is 3.03. The summed E-state index contributed by atoms with van der Waals surface area (Å²) in [4.78, 5) is 12.0. The molecule has 25 heavy (non-hydrogen) atoms. The van der Waals surface area contributed by atoms with E-state index in [0.29, 0.717) is 19.5 Å². The molecule has 1 aromatic carbocycles. The van der Waals surface area contributed by atoms with Gasteiger partial charge in [-0.2, -0.15) is 5.10 Å². The first-order chi connectivity index (χ1) is 12.0. The summed E-state index contributed by atoms with van der Waals surface area (Å²) in [6.07, 6.45) is 1.38. The lowest BCUT2D eigenvalue weighted by atomic mass is 9.96. The van der Waals surface area contributed by atoms with Gasteiger partial charge in [0.15, 0.2) is 0 Å². The van der Waals surface area contributed by atoms with E-state index in [9.17, 15) is 9.90 Å². The van der Waals surface area contributed by atoms with Crippen LogP contribution in [0, 0.1) is 13.8 Å². The van der Waals surface area contributed by atoms with Crippen LogP contribution >= 0.6 is 0 Å². The van der Waals surface area contributed by atoms with Gasteiger partial charge >= 0.3 is 6.03 Å². The third-order valence-corrected chi connectivity index (χ3v) is 4.58. The van der Waals surface area contributed by atoms with Gasteiger partial charge in [0.2, 0.25) is 0 Å². The van der Waals surface area contributed by atoms with Crippen molar-refractivity contribution in [1.82, 2.24) is 20.4 Å². The van der Waals surface area contributed by atoms with Crippen molar-refractivity contribution in [2.75, 3.05) is 19.7 Å². The molecular weight excluding hydrogens is 316 g/mol. The van der Waals surface area contributed by atoms with E-state index in [1.165, 1.54) is 5.56 Å². The number of carbonyl (C=O) groups excluding carboxylic acids is 1. The lowest BCUT2D eigenvalue weighted by Gasteiger charge is -2.17. The number of carbonyl (C=O) groups is 1. The molecule has 0 aliphatic rings. The average Bonchev–Trinajstić information content (AvgIpc) is 2.85. The number of amides is 2. The van der Waals surface area contributed by atoms with Crippen LogP contribution < -0.4 is 10.6 Å². The molecular formula is C19H28N4O2. The van der Waals surface area contributed by atoms with Crippen molar-refractivity contribution >= 4 is 6.03 Å². The van der Waals surface area contributed by atoms with Crippen LogP contribution in [0.15, 0.2) is 30.3 Å². The Kier molecular flexibility index (Phi) is 7.01.